The van der Waals surface area contributed by atoms with Crippen molar-refractivity contribution < 1.29 is 13.9 Å². The van der Waals surface area contributed by atoms with Crippen molar-refractivity contribution in [3.63, 3.8) is 0 Å². The van der Waals surface area contributed by atoms with E-state index in [0.717, 1.165) is 11.3 Å². The first-order valence-electron chi connectivity index (χ1n) is 7.00. The maximum absolute atomic E-state index is 13.3. The molecule has 21 heavy (non-hydrogen) atoms. The highest BCUT2D eigenvalue weighted by Crippen LogP contribution is 2.18. The van der Waals surface area contributed by atoms with Crippen LogP contribution in [0.4, 0.5) is 4.39 Å². The summed E-state index contributed by atoms with van der Waals surface area (Å²) in [5, 5.41) is 0. The molecule has 2 rings (SSSR count). The Morgan fingerprint density at radius 1 is 1.05 bits per heavy atom. The van der Waals surface area contributed by atoms with Crippen LogP contribution in [0.5, 0.6) is 11.5 Å². The van der Waals surface area contributed by atoms with Gasteiger partial charge >= 0.3 is 0 Å². The lowest BCUT2D eigenvalue weighted by molar-refractivity contribution is 0.245. The van der Waals surface area contributed by atoms with Gasteiger partial charge in [0.25, 0.3) is 0 Å². The van der Waals surface area contributed by atoms with E-state index < -0.39 is 0 Å². The predicted octanol–water partition coefficient (Wildman–Crippen LogP) is 3.44. The van der Waals surface area contributed by atoms with E-state index in [0.29, 0.717) is 37.5 Å². The average molecular weight is 289 g/mol. The van der Waals surface area contributed by atoms with Crippen LogP contribution in [0.1, 0.15) is 17.5 Å². The Kier molecular flexibility index (Phi) is 5.58. The molecule has 112 valence electrons. The van der Waals surface area contributed by atoms with Gasteiger partial charge in [-0.15, -0.1) is 0 Å². The summed E-state index contributed by atoms with van der Waals surface area (Å²) in [5.74, 6) is 1.10. The zero-order valence-corrected chi connectivity index (χ0v) is 12.1. The largest absolute Gasteiger partial charge is 0.493 e. The number of hydrogen-bond acceptors (Lipinski definition) is 3. The van der Waals surface area contributed by atoms with Crippen LogP contribution in [0, 0.1) is 12.7 Å². The van der Waals surface area contributed by atoms with Gasteiger partial charge in [0.2, 0.25) is 0 Å². The minimum atomic E-state index is -0.249. The Morgan fingerprint density at radius 3 is 2.57 bits per heavy atom. The Labute approximate surface area is 124 Å². The van der Waals surface area contributed by atoms with Gasteiger partial charge in [-0.3, -0.25) is 0 Å². The summed E-state index contributed by atoms with van der Waals surface area (Å²) in [4.78, 5) is 0. The number of para-hydroxylation sites is 1. The smallest absolute Gasteiger partial charge is 0.129 e. The van der Waals surface area contributed by atoms with Gasteiger partial charge in [0, 0.05) is 24.6 Å². The van der Waals surface area contributed by atoms with Crippen molar-refractivity contribution in [3.05, 3.63) is 59.4 Å². The van der Waals surface area contributed by atoms with E-state index in [9.17, 15) is 4.39 Å². The van der Waals surface area contributed by atoms with Crippen molar-refractivity contribution in [3.8, 4) is 11.5 Å². The molecule has 0 fully saturated rings. The number of rotatable bonds is 7. The predicted molar refractivity (Wildman–Crippen MR) is 81.1 cm³/mol. The average Bonchev–Trinajstić information content (AvgIpc) is 2.51. The fraction of sp³-hybridized carbons (Fsp3) is 0.294. The molecule has 2 N–H and O–H groups in total. The second-order valence-corrected chi connectivity index (χ2v) is 4.77. The van der Waals surface area contributed by atoms with E-state index in [-0.39, 0.29) is 5.82 Å². The molecule has 0 saturated carbocycles. The number of nitrogens with two attached hydrogens (primary N) is 1. The molecular weight excluding hydrogens is 269 g/mol. The van der Waals surface area contributed by atoms with Crippen molar-refractivity contribution >= 4 is 0 Å². The zero-order valence-electron chi connectivity index (χ0n) is 12.1. The Hall–Kier alpha value is -2.07. The summed E-state index contributed by atoms with van der Waals surface area (Å²) in [6.45, 7) is 3.19. The number of aryl methyl sites for hydroxylation is 1. The van der Waals surface area contributed by atoms with Crippen molar-refractivity contribution in [2.24, 2.45) is 5.73 Å². The molecule has 0 atom stereocenters. The Balaban J connectivity index is 1.73. The molecule has 0 aliphatic rings. The maximum Gasteiger partial charge on any atom is 0.129 e. The third kappa shape index (κ3) is 4.46. The van der Waals surface area contributed by atoms with Crippen LogP contribution in [0.15, 0.2) is 42.5 Å². The van der Waals surface area contributed by atoms with Crippen molar-refractivity contribution in [2.75, 3.05) is 13.2 Å². The van der Waals surface area contributed by atoms with E-state index in [1.807, 2.05) is 24.3 Å². The summed E-state index contributed by atoms with van der Waals surface area (Å²) >= 11 is 0. The van der Waals surface area contributed by atoms with Gasteiger partial charge < -0.3 is 15.2 Å². The van der Waals surface area contributed by atoms with Crippen LogP contribution in [-0.2, 0) is 6.54 Å². The van der Waals surface area contributed by atoms with Gasteiger partial charge in [-0.25, -0.2) is 4.39 Å². The summed E-state index contributed by atoms with van der Waals surface area (Å²) < 4.78 is 24.5. The molecule has 2 aromatic rings. The molecule has 0 spiro atoms. The molecule has 0 saturated heterocycles. The van der Waals surface area contributed by atoms with Crippen LogP contribution in [0.3, 0.4) is 0 Å². The second-order valence-electron chi connectivity index (χ2n) is 4.77. The molecular formula is C17H20FNO2. The van der Waals surface area contributed by atoms with Gasteiger partial charge in [0.15, 0.2) is 0 Å². The Bertz CT molecular complexity index is 587. The van der Waals surface area contributed by atoms with Gasteiger partial charge in [0.1, 0.15) is 17.3 Å². The fourth-order valence-electron chi connectivity index (χ4n) is 1.91. The number of benzene rings is 2. The van der Waals surface area contributed by atoms with Crippen LogP contribution in [-0.4, -0.2) is 13.2 Å². The van der Waals surface area contributed by atoms with Crippen LogP contribution >= 0.6 is 0 Å². The first kappa shape index (κ1) is 15.3. The third-order valence-corrected chi connectivity index (χ3v) is 3.15. The van der Waals surface area contributed by atoms with Gasteiger partial charge in [-0.05, 0) is 24.6 Å². The lowest BCUT2D eigenvalue weighted by atomic mass is 10.2. The minimum absolute atomic E-state index is 0.249. The lowest BCUT2D eigenvalue weighted by Crippen LogP contribution is -2.07. The SMILES string of the molecule is Cc1ccc(OCCCOc2ccccc2CN)cc1F. The highest BCUT2D eigenvalue weighted by molar-refractivity contribution is 5.33. The first-order chi connectivity index (χ1) is 10.2. The summed E-state index contributed by atoms with van der Waals surface area (Å²) in [7, 11) is 0. The van der Waals surface area contributed by atoms with Gasteiger partial charge in [-0.1, -0.05) is 24.3 Å². The topological polar surface area (TPSA) is 44.5 Å². The van der Waals surface area contributed by atoms with E-state index >= 15 is 0 Å². The third-order valence-electron chi connectivity index (χ3n) is 3.15. The molecule has 4 heteroatoms. The molecule has 0 aliphatic heterocycles. The number of halogens is 1. The fourth-order valence-corrected chi connectivity index (χ4v) is 1.91. The molecule has 3 nitrogen and oxygen atoms in total. The summed E-state index contributed by atoms with van der Waals surface area (Å²) in [6, 6.07) is 12.6. The van der Waals surface area contributed by atoms with E-state index in [4.69, 9.17) is 15.2 Å². The zero-order chi connectivity index (χ0) is 15.1. The monoisotopic (exact) mass is 289 g/mol. The lowest BCUT2D eigenvalue weighted by Gasteiger charge is -2.11. The highest BCUT2D eigenvalue weighted by atomic mass is 19.1. The molecule has 0 heterocycles. The molecule has 0 radical (unpaired) electrons. The van der Waals surface area contributed by atoms with Crippen molar-refractivity contribution in [1.82, 2.24) is 0 Å². The van der Waals surface area contributed by atoms with E-state index in [1.165, 1.54) is 6.07 Å². The summed E-state index contributed by atoms with van der Waals surface area (Å²) in [5.41, 5.74) is 7.24. The number of hydrogen-bond donors (Lipinski definition) is 1. The minimum Gasteiger partial charge on any atom is -0.493 e. The first-order valence-corrected chi connectivity index (χ1v) is 7.00. The van der Waals surface area contributed by atoms with E-state index in [2.05, 4.69) is 0 Å². The second kappa shape index (κ2) is 7.64. The summed E-state index contributed by atoms with van der Waals surface area (Å²) in [6.07, 6.45) is 0.717. The van der Waals surface area contributed by atoms with Crippen LogP contribution in [0.2, 0.25) is 0 Å². The van der Waals surface area contributed by atoms with Gasteiger partial charge in [0.05, 0.1) is 13.2 Å². The molecule has 0 aromatic heterocycles. The van der Waals surface area contributed by atoms with E-state index in [1.54, 1.807) is 19.1 Å². The van der Waals surface area contributed by atoms with Crippen molar-refractivity contribution in [2.45, 2.75) is 19.9 Å². The molecule has 0 unspecified atom stereocenters. The molecule has 0 amide bonds. The molecule has 0 aliphatic carbocycles. The standard InChI is InChI=1S/C17H20FNO2/c1-13-7-8-15(11-16(13)18)20-9-4-10-21-17-6-3-2-5-14(17)12-19/h2-3,5-8,11H,4,9-10,12,19H2,1H3. The quantitative estimate of drug-likeness (QED) is 0.794. The molecule has 0 bridgehead atoms. The highest BCUT2D eigenvalue weighted by Gasteiger charge is 2.02. The van der Waals surface area contributed by atoms with Gasteiger partial charge in [-0.2, -0.15) is 0 Å². The van der Waals surface area contributed by atoms with Crippen LogP contribution in [0.25, 0.3) is 0 Å². The number of ether oxygens (including phenoxy) is 2. The normalized spacial score (nSPS) is 10.4. The Morgan fingerprint density at radius 2 is 1.81 bits per heavy atom. The maximum atomic E-state index is 13.3. The van der Waals surface area contributed by atoms with Crippen molar-refractivity contribution in [1.29, 1.82) is 0 Å². The molecule has 2 aromatic carbocycles. The van der Waals surface area contributed by atoms with Crippen LogP contribution < -0.4 is 15.2 Å².